The highest BCUT2D eigenvalue weighted by atomic mass is 32.2. The Morgan fingerprint density at radius 3 is 2.39 bits per heavy atom. The van der Waals surface area contributed by atoms with Crippen LogP contribution in [0.3, 0.4) is 0 Å². The lowest BCUT2D eigenvalue weighted by atomic mass is 10.1. The van der Waals surface area contributed by atoms with Crippen LogP contribution in [0, 0.1) is 0 Å². The number of carbonyl (C=O) groups is 3. The number of aliphatic imine (C=N–C) groups is 1. The number of nitrogens with one attached hydrogen (secondary N) is 2. The molecule has 1 unspecified atom stereocenters. The van der Waals surface area contributed by atoms with E-state index in [2.05, 4.69) is 15.0 Å². The number of rotatable bonds is 5. The van der Waals surface area contributed by atoms with Crippen LogP contribution in [0.5, 0.6) is 0 Å². The molecule has 0 radical (unpaired) electrons. The van der Waals surface area contributed by atoms with Gasteiger partial charge in [0.2, 0.25) is 5.91 Å². The van der Waals surface area contributed by atoms with Crippen molar-refractivity contribution in [1.82, 2.24) is 9.62 Å². The van der Waals surface area contributed by atoms with Crippen LogP contribution in [0.2, 0.25) is 0 Å². The summed E-state index contributed by atoms with van der Waals surface area (Å²) in [6.45, 7) is 2.03. The Labute approximate surface area is 191 Å². The van der Waals surface area contributed by atoms with E-state index in [0.717, 1.165) is 24.2 Å². The Morgan fingerprint density at radius 2 is 1.70 bits per heavy atom. The van der Waals surface area contributed by atoms with Crippen LogP contribution in [0.25, 0.3) is 0 Å². The highest BCUT2D eigenvalue weighted by molar-refractivity contribution is 7.90. The Hall–Kier alpha value is -3.53. The van der Waals surface area contributed by atoms with Gasteiger partial charge in [0.25, 0.3) is 21.8 Å². The number of hydrogen-bond donors (Lipinski definition) is 2. The molecule has 0 fully saturated rings. The van der Waals surface area contributed by atoms with Crippen molar-refractivity contribution in [3.8, 4) is 0 Å². The number of amides is 3. The van der Waals surface area contributed by atoms with Crippen LogP contribution in [-0.4, -0.2) is 49.5 Å². The third-order valence-corrected chi connectivity index (χ3v) is 7.01. The van der Waals surface area contributed by atoms with Gasteiger partial charge in [-0.05, 0) is 50.1 Å². The quantitative estimate of drug-likeness (QED) is 0.653. The second kappa shape index (κ2) is 9.14. The molecule has 2 aliphatic heterocycles. The Kier molecular flexibility index (Phi) is 6.28. The molecule has 172 valence electrons. The smallest absolute Gasteiger partial charge is 0.262 e. The van der Waals surface area contributed by atoms with E-state index in [4.69, 9.17) is 0 Å². The summed E-state index contributed by atoms with van der Waals surface area (Å²) in [7, 11) is -3.87. The first-order valence-electron chi connectivity index (χ1n) is 10.7. The number of amidine groups is 1. The van der Waals surface area contributed by atoms with Crippen LogP contribution < -0.4 is 10.0 Å². The number of anilines is 1. The highest BCUT2D eigenvalue weighted by Gasteiger charge is 2.40. The Morgan fingerprint density at radius 1 is 1.00 bits per heavy atom. The molecule has 10 heteroatoms. The van der Waals surface area contributed by atoms with E-state index in [0.29, 0.717) is 18.8 Å². The van der Waals surface area contributed by atoms with Crippen LogP contribution in [-0.2, 0) is 14.8 Å². The maximum Gasteiger partial charge on any atom is 0.262 e. The van der Waals surface area contributed by atoms with Gasteiger partial charge in [-0.1, -0.05) is 24.6 Å². The lowest BCUT2D eigenvalue weighted by molar-refractivity contribution is -0.119. The maximum atomic E-state index is 12.8. The molecule has 2 aromatic carbocycles. The molecular weight excluding hydrogens is 444 g/mol. The van der Waals surface area contributed by atoms with Gasteiger partial charge in [-0.25, -0.2) is 8.42 Å². The molecule has 2 heterocycles. The molecule has 9 nitrogen and oxygen atoms in total. The fourth-order valence-electron chi connectivity index (χ4n) is 3.84. The van der Waals surface area contributed by atoms with E-state index in [-0.39, 0.29) is 21.7 Å². The first-order chi connectivity index (χ1) is 15.8. The van der Waals surface area contributed by atoms with E-state index in [1.807, 2.05) is 0 Å². The lowest BCUT2D eigenvalue weighted by Crippen LogP contribution is -2.45. The predicted octanol–water partition coefficient (Wildman–Crippen LogP) is 2.56. The molecule has 0 bridgehead atoms. The van der Waals surface area contributed by atoms with Gasteiger partial charge in [-0.2, -0.15) is 0 Å². The maximum absolute atomic E-state index is 12.8. The number of benzene rings is 2. The van der Waals surface area contributed by atoms with Gasteiger partial charge in [0, 0.05) is 18.7 Å². The Bertz CT molecular complexity index is 1220. The number of carbonyl (C=O) groups excluding carboxylic acids is 3. The SMILES string of the molecule is CC(C(=O)Nc1cccc(S(=O)(=O)NC2=NCCCCC2)c1)N1C(=O)c2ccccc2C1=O. The summed E-state index contributed by atoms with van der Waals surface area (Å²) in [5.74, 6) is -1.26. The van der Waals surface area contributed by atoms with Crippen molar-refractivity contribution in [2.75, 3.05) is 11.9 Å². The van der Waals surface area contributed by atoms with Crippen molar-refractivity contribution in [2.24, 2.45) is 4.99 Å². The summed E-state index contributed by atoms with van der Waals surface area (Å²) in [4.78, 5) is 43.3. The zero-order valence-electron chi connectivity index (χ0n) is 18.1. The number of imide groups is 1. The minimum Gasteiger partial charge on any atom is -0.324 e. The van der Waals surface area contributed by atoms with Crippen molar-refractivity contribution in [3.63, 3.8) is 0 Å². The molecule has 0 aliphatic carbocycles. The van der Waals surface area contributed by atoms with Crippen molar-refractivity contribution in [1.29, 1.82) is 0 Å². The lowest BCUT2D eigenvalue weighted by Gasteiger charge is -2.21. The normalized spacial score (nSPS) is 17.1. The average Bonchev–Trinajstić information content (AvgIpc) is 2.94. The molecular formula is C23H24N4O5S. The molecule has 2 N–H and O–H groups in total. The molecule has 0 spiro atoms. The first-order valence-corrected chi connectivity index (χ1v) is 12.2. The molecule has 0 saturated carbocycles. The van der Waals surface area contributed by atoms with Crippen LogP contribution in [0.15, 0.2) is 58.4 Å². The summed E-state index contributed by atoms with van der Waals surface area (Å²) in [6.07, 6.45) is 3.36. The van der Waals surface area contributed by atoms with E-state index in [1.165, 1.54) is 31.2 Å². The number of fused-ring (bicyclic) bond motifs is 1. The Balaban J connectivity index is 1.48. The van der Waals surface area contributed by atoms with E-state index >= 15 is 0 Å². The van der Waals surface area contributed by atoms with Crippen molar-refractivity contribution >= 4 is 39.3 Å². The fraction of sp³-hybridized carbons (Fsp3) is 0.304. The number of nitrogens with zero attached hydrogens (tertiary/aromatic N) is 2. The fourth-order valence-corrected chi connectivity index (χ4v) is 4.97. The summed E-state index contributed by atoms with van der Waals surface area (Å²) in [5, 5.41) is 2.61. The second-order valence-corrected chi connectivity index (χ2v) is 9.65. The molecule has 0 saturated heterocycles. The van der Waals surface area contributed by atoms with Crippen LogP contribution >= 0.6 is 0 Å². The third kappa shape index (κ3) is 4.65. The molecule has 2 aliphatic rings. The largest absolute Gasteiger partial charge is 0.324 e. The number of hydrogen-bond acceptors (Lipinski definition) is 6. The molecule has 1 atom stereocenters. The van der Waals surface area contributed by atoms with E-state index in [9.17, 15) is 22.8 Å². The van der Waals surface area contributed by atoms with Gasteiger partial charge in [0.15, 0.2) is 0 Å². The standard InChI is InChI=1S/C23H24N4O5S/c1-15(27-22(29)18-10-4-5-11-19(18)23(27)30)21(28)25-16-8-7-9-17(14-16)33(31,32)26-20-12-3-2-6-13-24-20/h4-5,7-11,14-15H,2-3,6,12-13H2,1H3,(H,24,26)(H,25,28). The van der Waals surface area contributed by atoms with Gasteiger partial charge < -0.3 is 5.32 Å². The molecule has 33 heavy (non-hydrogen) atoms. The third-order valence-electron chi connectivity index (χ3n) is 5.63. The molecule has 0 aromatic heterocycles. The summed E-state index contributed by atoms with van der Waals surface area (Å²) >= 11 is 0. The zero-order chi connectivity index (χ0) is 23.6. The first kappa shape index (κ1) is 22.7. The van der Waals surface area contributed by atoms with Crippen molar-refractivity contribution < 1.29 is 22.8 Å². The van der Waals surface area contributed by atoms with Gasteiger partial charge in [0.05, 0.1) is 16.0 Å². The minimum atomic E-state index is -3.87. The van der Waals surface area contributed by atoms with Crippen LogP contribution in [0.1, 0.15) is 53.3 Å². The summed E-state index contributed by atoms with van der Waals surface area (Å²) in [6, 6.07) is 11.1. The van der Waals surface area contributed by atoms with E-state index in [1.54, 1.807) is 24.3 Å². The predicted molar refractivity (Wildman–Crippen MR) is 123 cm³/mol. The van der Waals surface area contributed by atoms with Crippen molar-refractivity contribution in [2.45, 2.75) is 43.5 Å². The van der Waals surface area contributed by atoms with Crippen LogP contribution in [0.4, 0.5) is 5.69 Å². The van der Waals surface area contributed by atoms with Gasteiger partial charge in [-0.3, -0.25) is 29.0 Å². The molecule has 3 amide bonds. The summed E-state index contributed by atoms with van der Waals surface area (Å²) < 4.78 is 28.1. The second-order valence-electron chi connectivity index (χ2n) is 7.96. The van der Waals surface area contributed by atoms with E-state index < -0.39 is 33.8 Å². The molecule has 4 rings (SSSR count). The molecule has 2 aromatic rings. The zero-order valence-corrected chi connectivity index (χ0v) is 18.9. The van der Waals surface area contributed by atoms with Gasteiger partial charge in [0.1, 0.15) is 11.9 Å². The monoisotopic (exact) mass is 468 g/mol. The van der Waals surface area contributed by atoms with Gasteiger partial charge in [-0.15, -0.1) is 0 Å². The topological polar surface area (TPSA) is 125 Å². The van der Waals surface area contributed by atoms with Crippen molar-refractivity contribution in [3.05, 3.63) is 59.7 Å². The highest BCUT2D eigenvalue weighted by Crippen LogP contribution is 2.25. The number of sulfonamides is 1. The summed E-state index contributed by atoms with van der Waals surface area (Å²) in [5.41, 5.74) is 0.736. The van der Waals surface area contributed by atoms with Gasteiger partial charge >= 0.3 is 0 Å². The minimum absolute atomic E-state index is 0.0272. The average molecular weight is 469 g/mol.